The molecule has 0 saturated carbocycles. The number of carbonyl (C=O) groups is 1. The summed E-state index contributed by atoms with van der Waals surface area (Å²) in [6.07, 6.45) is -4.65. The number of benzene rings is 3. The highest BCUT2D eigenvalue weighted by atomic mass is 19.4. The predicted molar refractivity (Wildman–Crippen MR) is 124 cm³/mol. The Hall–Kier alpha value is -4.45. The lowest BCUT2D eigenvalue weighted by atomic mass is 10.1. The average molecular weight is 517 g/mol. The van der Waals surface area contributed by atoms with E-state index in [4.69, 9.17) is 5.21 Å². The van der Waals surface area contributed by atoms with Gasteiger partial charge in [-0.15, -0.1) is 0 Å². The Bertz CT molecular complexity index is 1610. The summed E-state index contributed by atoms with van der Waals surface area (Å²) in [5, 5.41) is 18.4. The minimum Gasteiger partial charge on any atom is -0.505 e. The largest absolute Gasteiger partial charge is 0.505 e. The fourth-order valence-corrected chi connectivity index (χ4v) is 3.93. The summed E-state index contributed by atoms with van der Waals surface area (Å²) in [7, 11) is 0. The number of fused-ring (bicyclic) bond motifs is 1. The van der Waals surface area contributed by atoms with Crippen molar-refractivity contribution in [3.63, 3.8) is 0 Å². The van der Waals surface area contributed by atoms with Crippen molar-refractivity contribution in [1.29, 1.82) is 0 Å². The first-order chi connectivity index (χ1) is 17.5. The van der Waals surface area contributed by atoms with Gasteiger partial charge in [-0.25, -0.2) is 14.7 Å². The third-order valence-corrected chi connectivity index (χ3v) is 5.83. The maximum atomic E-state index is 14.1. The molecule has 12 heteroatoms. The van der Waals surface area contributed by atoms with Crippen LogP contribution < -0.4 is 16.7 Å². The van der Waals surface area contributed by atoms with E-state index < -0.39 is 40.5 Å². The summed E-state index contributed by atoms with van der Waals surface area (Å²) in [6, 6.07) is 12.0. The van der Waals surface area contributed by atoms with E-state index in [1.807, 2.05) is 0 Å². The van der Waals surface area contributed by atoms with E-state index >= 15 is 0 Å². The first-order valence-electron chi connectivity index (χ1n) is 10.8. The number of phenolic OH excluding ortho intramolecular Hbond substituents is 1. The monoisotopic (exact) mass is 517 g/mol. The Kier molecular flexibility index (Phi) is 6.86. The molecule has 8 nitrogen and oxygen atoms in total. The fourth-order valence-electron chi connectivity index (χ4n) is 3.93. The minimum absolute atomic E-state index is 0.0543. The normalized spacial score (nSPS) is 11.6. The van der Waals surface area contributed by atoms with Gasteiger partial charge in [0.1, 0.15) is 0 Å². The third-order valence-electron chi connectivity index (χ3n) is 5.83. The number of aromatic hydroxyl groups is 1. The number of halogens is 4. The number of hydrogen-bond donors (Lipinski definition) is 3. The summed E-state index contributed by atoms with van der Waals surface area (Å²) in [4.78, 5) is 38.0. The first kappa shape index (κ1) is 25.6. The zero-order valence-electron chi connectivity index (χ0n) is 18.9. The van der Waals surface area contributed by atoms with Gasteiger partial charge in [-0.1, -0.05) is 30.3 Å². The van der Waals surface area contributed by atoms with Crippen molar-refractivity contribution < 1.29 is 32.7 Å². The number of hydroxylamine groups is 1. The van der Waals surface area contributed by atoms with Gasteiger partial charge in [0.25, 0.3) is 11.5 Å². The lowest BCUT2D eigenvalue weighted by Crippen LogP contribution is -2.40. The summed E-state index contributed by atoms with van der Waals surface area (Å²) in [5.74, 6) is -2.62. The number of nitrogens with zero attached hydrogens (tertiary/aromatic N) is 2. The summed E-state index contributed by atoms with van der Waals surface area (Å²) < 4.78 is 55.2. The molecule has 192 valence electrons. The molecular formula is C25H19F4N3O5. The molecule has 1 amide bonds. The number of alkyl halides is 3. The van der Waals surface area contributed by atoms with E-state index in [2.05, 4.69) is 0 Å². The van der Waals surface area contributed by atoms with Crippen LogP contribution in [0.5, 0.6) is 5.75 Å². The molecule has 3 N–H and O–H groups in total. The lowest BCUT2D eigenvalue weighted by molar-refractivity contribution is -0.137. The number of aromatic nitrogens is 2. The van der Waals surface area contributed by atoms with Gasteiger partial charge in [-0.05, 0) is 41.8 Å². The summed E-state index contributed by atoms with van der Waals surface area (Å²) in [5.41, 5.74) is -0.263. The molecule has 1 aromatic heterocycles. The maximum absolute atomic E-state index is 14.1. The summed E-state index contributed by atoms with van der Waals surface area (Å²) >= 11 is 0. The average Bonchev–Trinajstić information content (AvgIpc) is 2.87. The lowest BCUT2D eigenvalue weighted by Gasteiger charge is -2.15. The van der Waals surface area contributed by atoms with Crippen molar-refractivity contribution in [2.75, 3.05) is 0 Å². The second-order valence-electron chi connectivity index (χ2n) is 8.23. The molecule has 0 radical (unpaired) electrons. The molecule has 0 aliphatic carbocycles. The van der Waals surface area contributed by atoms with Gasteiger partial charge < -0.3 is 5.11 Å². The minimum atomic E-state index is -4.56. The molecule has 0 aliphatic heterocycles. The van der Waals surface area contributed by atoms with Crippen LogP contribution in [0.15, 0.2) is 70.3 Å². The second kappa shape index (κ2) is 9.90. The topological polar surface area (TPSA) is 114 Å². The van der Waals surface area contributed by atoms with E-state index in [0.717, 1.165) is 33.4 Å². The number of hydrogen-bond acceptors (Lipinski definition) is 5. The van der Waals surface area contributed by atoms with Gasteiger partial charge in [-0.3, -0.25) is 23.9 Å². The molecular weight excluding hydrogens is 498 g/mol. The molecule has 3 aromatic carbocycles. The zero-order chi connectivity index (χ0) is 26.9. The first-order valence-corrected chi connectivity index (χ1v) is 10.8. The third kappa shape index (κ3) is 5.23. The molecule has 0 bridgehead atoms. The fraction of sp³-hybridized carbons (Fsp3) is 0.160. The van der Waals surface area contributed by atoms with Crippen molar-refractivity contribution in [3.05, 3.63) is 110 Å². The van der Waals surface area contributed by atoms with Crippen molar-refractivity contribution in [1.82, 2.24) is 14.6 Å². The van der Waals surface area contributed by atoms with Gasteiger partial charge in [0.15, 0.2) is 11.6 Å². The maximum Gasteiger partial charge on any atom is 0.416 e. The van der Waals surface area contributed by atoms with E-state index in [1.165, 1.54) is 41.9 Å². The number of aryl methyl sites for hydroxylation is 1. The highest BCUT2D eigenvalue weighted by molar-refractivity contribution is 5.93. The van der Waals surface area contributed by atoms with Crippen molar-refractivity contribution in [3.8, 4) is 5.75 Å². The molecule has 0 unspecified atom stereocenters. The van der Waals surface area contributed by atoms with Crippen LogP contribution >= 0.6 is 0 Å². The highest BCUT2D eigenvalue weighted by Crippen LogP contribution is 2.29. The van der Waals surface area contributed by atoms with Gasteiger partial charge in [-0.2, -0.15) is 13.2 Å². The van der Waals surface area contributed by atoms with Gasteiger partial charge in [0.05, 0.1) is 23.0 Å². The molecule has 37 heavy (non-hydrogen) atoms. The number of rotatable bonds is 6. The highest BCUT2D eigenvalue weighted by Gasteiger charge is 2.30. The predicted octanol–water partition coefficient (Wildman–Crippen LogP) is 3.44. The molecule has 0 atom stereocenters. The van der Waals surface area contributed by atoms with Crippen LogP contribution in [0.2, 0.25) is 0 Å². The van der Waals surface area contributed by atoms with E-state index in [0.29, 0.717) is 5.56 Å². The van der Waals surface area contributed by atoms with Crippen LogP contribution in [0.3, 0.4) is 0 Å². The van der Waals surface area contributed by atoms with Crippen LogP contribution in [0.25, 0.3) is 10.9 Å². The number of phenols is 1. The second-order valence-corrected chi connectivity index (χ2v) is 8.23. The van der Waals surface area contributed by atoms with Crippen LogP contribution in [0.4, 0.5) is 17.6 Å². The summed E-state index contributed by atoms with van der Waals surface area (Å²) in [6.45, 7) is -0.432. The molecule has 0 saturated heterocycles. The van der Waals surface area contributed by atoms with Crippen molar-refractivity contribution in [2.45, 2.75) is 25.7 Å². The smallest absolute Gasteiger partial charge is 0.416 e. The van der Waals surface area contributed by atoms with Crippen LogP contribution in [0.1, 0.15) is 27.0 Å². The molecule has 1 heterocycles. The van der Waals surface area contributed by atoms with Crippen molar-refractivity contribution in [2.24, 2.45) is 0 Å². The molecule has 0 aliphatic rings. The van der Waals surface area contributed by atoms with Crippen LogP contribution in [-0.2, 0) is 25.7 Å². The number of amides is 1. The molecule has 4 rings (SSSR count). The SMILES string of the molecule is O=C(NO)c1ccc(Cn2c(=O)n(CCc3cccc(C(F)(F)F)c3)c(=O)c3cc(F)c(O)cc32)cc1. The van der Waals surface area contributed by atoms with Crippen molar-refractivity contribution >= 4 is 16.8 Å². The van der Waals surface area contributed by atoms with Crippen LogP contribution in [0, 0.1) is 5.82 Å². The van der Waals surface area contributed by atoms with E-state index in [-0.39, 0.29) is 41.5 Å². The number of nitrogens with one attached hydrogen (secondary N) is 1. The van der Waals surface area contributed by atoms with Gasteiger partial charge in [0, 0.05) is 18.2 Å². The standard InChI is InChI=1S/C25H19F4N3O5/c26-19-11-18-20(12-21(19)33)32(13-15-4-6-16(7-5-15)22(34)30-37)24(36)31(23(18)35)9-8-14-2-1-3-17(10-14)25(27,28)29/h1-7,10-12,33,37H,8-9,13H2,(H,30,34). The molecule has 4 aromatic rings. The van der Waals surface area contributed by atoms with Gasteiger partial charge in [0.2, 0.25) is 0 Å². The zero-order valence-corrected chi connectivity index (χ0v) is 18.9. The quantitative estimate of drug-likeness (QED) is 0.206. The Labute approximate surface area is 205 Å². The molecule has 0 spiro atoms. The van der Waals surface area contributed by atoms with Gasteiger partial charge >= 0.3 is 11.9 Å². The number of carbonyl (C=O) groups excluding carboxylic acids is 1. The Morgan fingerprint density at radius 1 is 0.946 bits per heavy atom. The molecule has 0 fully saturated rings. The van der Waals surface area contributed by atoms with Crippen LogP contribution in [-0.4, -0.2) is 25.4 Å². The van der Waals surface area contributed by atoms with E-state index in [9.17, 15) is 37.1 Å². The Morgan fingerprint density at radius 2 is 1.65 bits per heavy atom. The van der Waals surface area contributed by atoms with E-state index in [1.54, 1.807) is 0 Å². The Balaban J connectivity index is 1.78. The Morgan fingerprint density at radius 3 is 2.30 bits per heavy atom.